The lowest BCUT2D eigenvalue weighted by molar-refractivity contribution is -0.122. The minimum atomic E-state index is -0.714. The highest BCUT2D eigenvalue weighted by atomic mass is 79.9. The predicted octanol–water partition coefficient (Wildman–Crippen LogP) is 1.01. The number of hydrogen-bond acceptors (Lipinski definition) is 4. The number of carbonyl (C=O) groups is 3. The van der Waals surface area contributed by atoms with Gasteiger partial charge in [0.15, 0.2) is 0 Å². The fourth-order valence-corrected chi connectivity index (χ4v) is 2.25. The highest BCUT2D eigenvalue weighted by Crippen LogP contribution is 2.30. The molecule has 2 rings (SSSR count). The van der Waals surface area contributed by atoms with Crippen molar-refractivity contribution >= 4 is 39.2 Å². The molecule has 1 heterocycles. The molecule has 0 aromatic heterocycles. The molecule has 0 bridgehead atoms. The van der Waals surface area contributed by atoms with Gasteiger partial charge in [-0.2, -0.15) is 5.26 Å². The van der Waals surface area contributed by atoms with Crippen LogP contribution in [0.3, 0.4) is 0 Å². The fourth-order valence-electron chi connectivity index (χ4n) is 1.89. The number of anilines is 1. The van der Waals surface area contributed by atoms with E-state index >= 15 is 0 Å². The predicted molar refractivity (Wildman–Crippen MR) is 74.1 cm³/mol. The van der Waals surface area contributed by atoms with Crippen LogP contribution in [0.4, 0.5) is 5.69 Å². The molecule has 0 unspecified atom stereocenters. The number of amides is 2. The van der Waals surface area contributed by atoms with Crippen molar-refractivity contribution in [3.8, 4) is 6.07 Å². The first kappa shape index (κ1) is 14.2. The Kier molecular flexibility index (Phi) is 4.15. The highest BCUT2D eigenvalue weighted by molar-refractivity contribution is 9.10. The van der Waals surface area contributed by atoms with Gasteiger partial charge in [-0.3, -0.25) is 19.3 Å². The average molecular weight is 336 g/mol. The number of Topliss-reactive ketones (excluding diaryl/α,β-unsaturated/α-hetero) is 1. The van der Waals surface area contributed by atoms with E-state index in [9.17, 15) is 14.4 Å². The summed E-state index contributed by atoms with van der Waals surface area (Å²) in [5.41, 5.74) is 0.716. The van der Waals surface area contributed by atoms with Gasteiger partial charge in [0.1, 0.15) is 6.54 Å². The molecular formula is C13H10BrN3O3. The van der Waals surface area contributed by atoms with Crippen LogP contribution in [0.25, 0.3) is 0 Å². The summed E-state index contributed by atoms with van der Waals surface area (Å²) in [5.74, 6) is -1.74. The van der Waals surface area contributed by atoms with Gasteiger partial charge in [-0.05, 0) is 18.2 Å². The van der Waals surface area contributed by atoms with Crippen molar-refractivity contribution in [2.24, 2.45) is 0 Å². The van der Waals surface area contributed by atoms with Crippen LogP contribution in [-0.4, -0.2) is 30.7 Å². The van der Waals surface area contributed by atoms with Gasteiger partial charge in [-0.15, -0.1) is 0 Å². The maximum absolute atomic E-state index is 11.9. The normalized spacial score (nSPS) is 13.1. The molecule has 1 aliphatic rings. The number of nitriles is 1. The molecule has 6 nitrogen and oxygen atoms in total. The van der Waals surface area contributed by atoms with E-state index in [1.165, 1.54) is 0 Å². The Labute approximate surface area is 123 Å². The summed E-state index contributed by atoms with van der Waals surface area (Å²) in [4.78, 5) is 36.5. The number of carbonyl (C=O) groups excluding carboxylic acids is 3. The van der Waals surface area contributed by atoms with Crippen LogP contribution < -0.4 is 10.2 Å². The Balaban J connectivity index is 2.14. The van der Waals surface area contributed by atoms with E-state index in [0.717, 1.165) is 4.90 Å². The molecule has 102 valence electrons. The van der Waals surface area contributed by atoms with Crippen LogP contribution in [-0.2, 0) is 9.59 Å². The zero-order valence-electron chi connectivity index (χ0n) is 10.4. The van der Waals surface area contributed by atoms with Gasteiger partial charge in [0.25, 0.3) is 11.7 Å². The molecule has 0 saturated heterocycles. The molecule has 0 spiro atoms. The highest BCUT2D eigenvalue weighted by Gasteiger charge is 2.36. The van der Waals surface area contributed by atoms with Crippen LogP contribution in [0.5, 0.6) is 0 Å². The van der Waals surface area contributed by atoms with Gasteiger partial charge >= 0.3 is 0 Å². The summed E-state index contributed by atoms with van der Waals surface area (Å²) < 4.78 is 0.692. The Morgan fingerprint density at radius 2 is 2.15 bits per heavy atom. The van der Waals surface area contributed by atoms with Crippen molar-refractivity contribution in [1.29, 1.82) is 5.26 Å². The lowest BCUT2D eigenvalue weighted by Gasteiger charge is -2.15. The van der Waals surface area contributed by atoms with Gasteiger partial charge in [0.2, 0.25) is 5.91 Å². The number of benzene rings is 1. The largest absolute Gasteiger partial charge is 0.354 e. The van der Waals surface area contributed by atoms with Gasteiger partial charge in [0, 0.05) is 11.0 Å². The molecule has 1 aromatic carbocycles. The molecule has 1 N–H and O–H groups in total. The smallest absolute Gasteiger partial charge is 0.299 e. The Morgan fingerprint density at radius 3 is 2.85 bits per heavy atom. The van der Waals surface area contributed by atoms with Crippen LogP contribution in [0.2, 0.25) is 0 Å². The van der Waals surface area contributed by atoms with Gasteiger partial charge in [0.05, 0.1) is 23.7 Å². The second-order valence-electron chi connectivity index (χ2n) is 4.14. The Bertz CT molecular complexity index is 636. The maximum Gasteiger partial charge on any atom is 0.299 e. The molecule has 7 heteroatoms. The monoisotopic (exact) mass is 335 g/mol. The number of fused-ring (bicyclic) bond motifs is 1. The number of hydrogen-bond donors (Lipinski definition) is 1. The van der Waals surface area contributed by atoms with Crippen LogP contribution >= 0.6 is 15.9 Å². The molecule has 20 heavy (non-hydrogen) atoms. The molecule has 1 aromatic rings. The second-order valence-corrected chi connectivity index (χ2v) is 5.06. The maximum atomic E-state index is 11.9. The minimum absolute atomic E-state index is 0.197. The van der Waals surface area contributed by atoms with E-state index in [1.54, 1.807) is 18.2 Å². The zero-order valence-corrected chi connectivity index (χ0v) is 11.9. The van der Waals surface area contributed by atoms with Crippen LogP contribution in [0.1, 0.15) is 16.8 Å². The summed E-state index contributed by atoms with van der Waals surface area (Å²) in [6.45, 7) is -0.0108. The average Bonchev–Trinajstić information content (AvgIpc) is 2.64. The SMILES string of the molecule is N#CCCNC(=O)CN1C(=O)C(=O)c2cc(Br)ccc21. The number of ketones is 1. The molecule has 0 atom stereocenters. The van der Waals surface area contributed by atoms with Crippen LogP contribution in [0, 0.1) is 11.3 Å². The van der Waals surface area contributed by atoms with Crippen molar-refractivity contribution in [3.63, 3.8) is 0 Å². The molecule has 0 aliphatic carbocycles. The molecule has 0 saturated carbocycles. The summed E-state index contributed by atoms with van der Waals surface area (Å²) in [7, 11) is 0. The lowest BCUT2D eigenvalue weighted by atomic mass is 10.1. The topological polar surface area (TPSA) is 90.3 Å². The summed E-state index contributed by atoms with van der Waals surface area (Å²) >= 11 is 3.23. The third-order valence-corrected chi connectivity index (χ3v) is 3.29. The fraction of sp³-hybridized carbons (Fsp3) is 0.231. The quantitative estimate of drug-likeness (QED) is 0.656. The third-order valence-electron chi connectivity index (χ3n) is 2.79. The zero-order chi connectivity index (χ0) is 14.7. The number of nitrogens with zero attached hydrogens (tertiary/aromatic N) is 2. The first-order valence-corrected chi connectivity index (χ1v) is 6.63. The van der Waals surface area contributed by atoms with Crippen molar-refractivity contribution < 1.29 is 14.4 Å². The number of halogens is 1. The summed E-state index contributed by atoms with van der Waals surface area (Å²) in [5, 5.41) is 10.9. The van der Waals surface area contributed by atoms with Gasteiger partial charge < -0.3 is 5.32 Å². The Hall–Kier alpha value is -2.20. The van der Waals surface area contributed by atoms with E-state index in [-0.39, 0.29) is 25.1 Å². The third kappa shape index (κ3) is 2.70. The molecule has 0 fully saturated rings. The van der Waals surface area contributed by atoms with Crippen molar-refractivity contribution in [2.75, 3.05) is 18.0 Å². The van der Waals surface area contributed by atoms with E-state index in [0.29, 0.717) is 10.2 Å². The standard InChI is InChI=1S/C13H10BrN3O3/c14-8-2-3-10-9(6-8)12(19)13(20)17(10)7-11(18)16-5-1-4-15/h2-3,6H,1,5,7H2,(H,16,18). The molecule has 1 aliphatic heterocycles. The molecule has 2 amide bonds. The second kappa shape index (κ2) is 5.84. The van der Waals surface area contributed by atoms with Gasteiger partial charge in [-0.25, -0.2) is 0 Å². The minimum Gasteiger partial charge on any atom is -0.354 e. The lowest BCUT2D eigenvalue weighted by Crippen LogP contribution is -2.40. The van der Waals surface area contributed by atoms with E-state index in [4.69, 9.17) is 5.26 Å². The van der Waals surface area contributed by atoms with E-state index in [2.05, 4.69) is 21.2 Å². The summed E-state index contributed by atoms with van der Waals surface area (Å²) in [6.07, 6.45) is 0.197. The number of nitrogens with one attached hydrogen (secondary N) is 1. The summed E-state index contributed by atoms with van der Waals surface area (Å²) in [6, 6.07) is 6.77. The van der Waals surface area contributed by atoms with Crippen molar-refractivity contribution in [3.05, 3.63) is 28.2 Å². The van der Waals surface area contributed by atoms with Crippen molar-refractivity contribution in [1.82, 2.24) is 5.32 Å². The van der Waals surface area contributed by atoms with E-state index < -0.39 is 17.6 Å². The number of rotatable bonds is 4. The Morgan fingerprint density at radius 1 is 1.40 bits per heavy atom. The van der Waals surface area contributed by atoms with Crippen LogP contribution in [0.15, 0.2) is 22.7 Å². The first-order chi connectivity index (χ1) is 9.54. The molecule has 0 radical (unpaired) electrons. The van der Waals surface area contributed by atoms with Crippen molar-refractivity contribution in [2.45, 2.75) is 6.42 Å². The molecular weight excluding hydrogens is 326 g/mol. The first-order valence-electron chi connectivity index (χ1n) is 5.84. The van der Waals surface area contributed by atoms with Gasteiger partial charge in [-0.1, -0.05) is 15.9 Å². The van der Waals surface area contributed by atoms with E-state index in [1.807, 2.05) is 6.07 Å².